The van der Waals surface area contributed by atoms with E-state index >= 15 is 0 Å². The lowest BCUT2D eigenvalue weighted by atomic mass is 10.2. The van der Waals surface area contributed by atoms with Crippen LogP contribution in [0.2, 0.25) is 0 Å². The number of thiophene rings is 1. The molecule has 0 aliphatic carbocycles. The van der Waals surface area contributed by atoms with Gasteiger partial charge in [-0.15, -0.1) is 11.3 Å². The van der Waals surface area contributed by atoms with Crippen LogP contribution in [-0.2, 0) is 16.1 Å². The largest absolute Gasteiger partial charge is 0.394 e. The van der Waals surface area contributed by atoms with E-state index in [0.717, 1.165) is 29.0 Å². The van der Waals surface area contributed by atoms with Crippen LogP contribution in [-0.4, -0.2) is 34.9 Å². The van der Waals surface area contributed by atoms with Crippen LogP contribution in [0.3, 0.4) is 0 Å². The summed E-state index contributed by atoms with van der Waals surface area (Å²) in [6.45, 7) is 1.03. The zero-order valence-corrected chi connectivity index (χ0v) is 13.3. The van der Waals surface area contributed by atoms with Crippen molar-refractivity contribution in [2.24, 2.45) is 0 Å². The Labute approximate surface area is 137 Å². The zero-order valence-electron chi connectivity index (χ0n) is 12.5. The van der Waals surface area contributed by atoms with Gasteiger partial charge in [-0.25, -0.2) is 4.68 Å². The summed E-state index contributed by atoms with van der Waals surface area (Å²) >= 11 is 1.49. The Hall–Kier alpha value is -2.19. The van der Waals surface area contributed by atoms with E-state index in [0.29, 0.717) is 12.2 Å². The van der Waals surface area contributed by atoms with Gasteiger partial charge in [0.2, 0.25) is 5.91 Å². The Balaban J connectivity index is 1.71. The van der Waals surface area contributed by atoms with Gasteiger partial charge in [0.05, 0.1) is 11.0 Å². The fourth-order valence-corrected chi connectivity index (χ4v) is 3.12. The molecule has 1 atom stereocenters. The van der Waals surface area contributed by atoms with Crippen LogP contribution < -0.4 is 16.6 Å². The molecule has 0 bridgehead atoms. The number of nitrogens with zero attached hydrogens (tertiary/aromatic N) is 2. The number of nitrogens with one attached hydrogen (secondary N) is 1. The second-order valence-electron chi connectivity index (χ2n) is 5.36. The fourth-order valence-electron chi connectivity index (χ4n) is 2.44. The molecular formula is C15H18N4O3S. The van der Waals surface area contributed by atoms with Crippen LogP contribution in [0.15, 0.2) is 28.4 Å². The van der Waals surface area contributed by atoms with E-state index in [9.17, 15) is 9.59 Å². The minimum atomic E-state index is -0.461. The molecule has 8 heteroatoms. The first kappa shape index (κ1) is 15.7. The van der Waals surface area contributed by atoms with E-state index in [1.165, 1.54) is 17.4 Å². The summed E-state index contributed by atoms with van der Waals surface area (Å²) in [4.78, 5) is 25.0. The maximum absolute atomic E-state index is 12.1. The van der Waals surface area contributed by atoms with Crippen molar-refractivity contribution in [1.82, 2.24) is 15.1 Å². The topological polar surface area (TPSA) is 99.2 Å². The normalized spacial score (nSPS) is 17.3. The standard InChI is InChI=1S/C15H18N4O3S/c16-11-7-12(13-4-2-6-23-13)18-19(15(11)21)9-14(20)17-8-10-3-1-5-22-10/h2,4,6-7,10H,1,3,5,8-9,16H2,(H,17,20)/t10-/m1/s1. The van der Waals surface area contributed by atoms with Gasteiger partial charge in [-0.05, 0) is 30.4 Å². The van der Waals surface area contributed by atoms with Gasteiger partial charge in [-0.1, -0.05) is 6.07 Å². The predicted molar refractivity (Wildman–Crippen MR) is 88.2 cm³/mol. The molecule has 122 valence electrons. The highest BCUT2D eigenvalue weighted by atomic mass is 32.1. The first-order valence-electron chi connectivity index (χ1n) is 7.43. The summed E-state index contributed by atoms with van der Waals surface area (Å²) in [5.41, 5.74) is 5.96. The van der Waals surface area contributed by atoms with Gasteiger partial charge >= 0.3 is 0 Å². The van der Waals surface area contributed by atoms with Crippen molar-refractivity contribution in [3.05, 3.63) is 33.9 Å². The molecule has 0 spiro atoms. The Bertz CT molecular complexity index is 736. The predicted octanol–water partition coefficient (Wildman–Crippen LogP) is 0.849. The third-order valence-corrected chi connectivity index (χ3v) is 4.51. The highest BCUT2D eigenvalue weighted by Gasteiger charge is 2.17. The summed E-state index contributed by atoms with van der Waals surface area (Å²) in [5.74, 6) is -0.280. The number of hydrogen-bond acceptors (Lipinski definition) is 6. The number of anilines is 1. The second kappa shape index (κ2) is 6.93. The summed E-state index contributed by atoms with van der Waals surface area (Å²) in [5, 5.41) is 8.92. The molecule has 1 amide bonds. The van der Waals surface area contributed by atoms with E-state index in [1.54, 1.807) is 0 Å². The van der Waals surface area contributed by atoms with Crippen molar-refractivity contribution in [2.75, 3.05) is 18.9 Å². The lowest BCUT2D eigenvalue weighted by Crippen LogP contribution is -2.37. The molecule has 2 aromatic heterocycles. The van der Waals surface area contributed by atoms with Crippen LogP contribution >= 0.6 is 11.3 Å². The number of hydrogen-bond donors (Lipinski definition) is 2. The average molecular weight is 334 g/mol. The molecule has 0 radical (unpaired) electrons. The molecule has 1 aliphatic rings. The summed E-state index contributed by atoms with van der Waals surface area (Å²) < 4.78 is 6.55. The molecule has 23 heavy (non-hydrogen) atoms. The van der Waals surface area contributed by atoms with Gasteiger partial charge in [0.25, 0.3) is 5.56 Å². The minimum absolute atomic E-state index is 0.0613. The maximum Gasteiger partial charge on any atom is 0.290 e. The quantitative estimate of drug-likeness (QED) is 0.844. The number of rotatable bonds is 5. The van der Waals surface area contributed by atoms with Crippen LogP contribution in [0.25, 0.3) is 10.6 Å². The molecule has 7 nitrogen and oxygen atoms in total. The van der Waals surface area contributed by atoms with Crippen LogP contribution in [0.4, 0.5) is 5.69 Å². The van der Waals surface area contributed by atoms with Gasteiger partial charge in [0.1, 0.15) is 17.9 Å². The molecule has 3 heterocycles. The molecule has 2 aromatic rings. The fraction of sp³-hybridized carbons (Fsp3) is 0.400. The van der Waals surface area contributed by atoms with Crippen molar-refractivity contribution in [1.29, 1.82) is 0 Å². The van der Waals surface area contributed by atoms with E-state index in [1.807, 2.05) is 17.5 Å². The van der Waals surface area contributed by atoms with Crippen LogP contribution in [0, 0.1) is 0 Å². The Kier molecular flexibility index (Phi) is 4.73. The lowest BCUT2D eigenvalue weighted by molar-refractivity contribution is -0.122. The smallest absolute Gasteiger partial charge is 0.290 e. The maximum atomic E-state index is 12.1. The van der Waals surface area contributed by atoms with Crippen molar-refractivity contribution >= 4 is 22.9 Å². The van der Waals surface area contributed by atoms with Crippen LogP contribution in [0.1, 0.15) is 12.8 Å². The van der Waals surface area contributed by atoms with Crippen molar-refractivity contribution < 1.29 is 9.53 Å². The molecule has 1 aliphatic heterocycles. The monoisotopic (exact) mass is 334 g/mol. The SMILES string of the molecule is Nc1cc(-c2cccs2)nn(CC(=O)NC[C@H]2CCCO2)c1=O. The second-order valence-corrected chi connectivity index (χ2v) is 6.31. The molecular weight excluding hydrogens is 316 g/mol. The van der Waals surface area contributed by atoms with Gasteiger partial charge in [0.15, 0.2) is 0 Å². The van der Waals surface area contributed by atoms with Crippen molar-refractivity contribution in [2.45, 2.75) is 25.5 Å². The first-order valence-corrected chi connectivity index (χ1v) is 8.31. The molecule has 3 N–H and O–H groups in total. The van der Waals surface area contributed by atoms with E-state index in [4.69, 9.17) is 10.5 Å². The molecule has 3 rings (SSSR count). The Morgan fingerprint density at radius 1 is 1.57 bits per heavy atom. The van der Waals surface area contributed by atoms with Crippen LogP contribution in [0.5, 0.6) is 0 Å². The Morgan fingerprint density at radius 2 is 2.43 bits per heavy atom. The first-order chi connectivity index (χ1) is 11.1. The van der Waals surface area contributed by atoms with E-state index in [-0.39, 0.29) is 24.2 Å². The molecule has 1 saturated heterocycles. The van der Waals surface area contributed by atoms with E-state index in [2.05, 4.69) is 10.4 Å². The summed E-state index contributed by atoms with van der Waals surface area (Å²) in [6.07, 6.45) is 2.02. The summed E-state index contributed by atoms with van der Waals surface area (Å²) in [7, 11) is 0. The van der Waals surface area contributed by atoms with E-state index < -0.39 is 5.56 Å². The molecule has 0 saturated carbocycles. The number of ether oxygens (including phenoxy) is 1. The van der Waals surface area contributed by atoms with Gasteiger partial charge in [0, 0.05) is 13.2 Å². The number of aromatic nitrogens is 2. The number of carbonyl (C=O) groups excluding carboxylic acids is 1. The molecule has 0 aromatic carbocycles. The minimum Gasteiger partial charge on any atom is -0.394 e. The highest BCUT2D eigenvalue weighted by molar-refractivity contribution is 7.13. The third kappa shape index (κ3) is 3.77. The highest BCUT2D eigenvalue weighted by Crippen LogP contribution is 2.22. The average Bonchev–Trinajstić information content (AvgIpc) is 3.22. The molecule has 1 fully saturated rings. The van der Waals surface area contributed by atoms with Gasteiger partial charge in [-0.2, -0.15) is 5.10 Å². The van der Waals surface area contributed by atoms with Gasteiger partial charge < -0.3 is 15.8 Å². The Morgan fingerprint density at radius 3 is 3.13 bits per heavy atom. The summed E-state index contributed by atoms with van der Waals surface area (Å²) in [6, 6.07) is 5.31. The van der Waals surface area contributed by atoms with Crippen molar-refractivity contribution in [3.63, 3.8) is 0 Å². The van der Waals surface area contributed by atoms with Crippen molar-refractivity contribution in [3.8, 4) is 10.6 Å². The number of amides is 1. The lowest BCUT2D eigenvalue weighted by Gasteiger charge is -2.12. The zero-order chi connectivity index (χ0) is 16.2. The van der Waals surface area contributed by atoms with Gasteiger partial charge in [-0.3, -0.25) is 9.59 Å². The third-order valence-electron chi connectivity index (χ3n) is 3.62. The number of nitrogens with two attached hydrogens (primary N) is 1. The number of nitrogen functional groups attached to an aromatic ring is 1. The molecule has 0 unspecified atom stereocenters. The number of carbonyl (C=O) groups is 1.